The Morgan fingerprint density at radius 2 is 1.76 bits per heavy atom. The molecular formula is C17H24N4. The molecule has 4 heteroatoms. The van der Waals surface area contributed by atoms with Gasteiger partial charge in [-0.05, 0) is 19.1 Å². The highest BCUT2D eigenvalue weighted by Crippen LogP contribution is 2.28. The molecule has 2 aromatic rings. The van der Waals surface area contributed by atoms with Gasteiger partial charge in [-0.1, -0.05) is 39.0 Å². The maximum Gasteiger partial charge on any atom is 0.138 e. The number of hydrogen-bond acceptors (Lipinski definition) is 4. The second kappa shape index (κ2) is 6.12. The lowest BCUT2D eigenvalue weighted by Gasteiger charge is -2.25. The Morgan fingerprint density at radius 3 is 2.29 bits per heavy atom. The first-order chi connectivity index (χ1) is 9.95. The van der Waals surface area contributed by atoms with Crippen LogP contribution in [-0.4, -0.2) is 23.6 Å². The zero-order valence-electron chi connectivity index (χ0n) is 13.5. The van der Waals surface area contributed by atoms with Gasteiger partial charge in [0.15, 0.2) is 0 Å². The molecule has 0 saturated carbocycles. The number of para-hydroxylation sites is 1. The first kappa shape index (κ1) is 15.3. The van der Waals surface area contributed by atoms with Crippen molar-refractivity contribution in [3.8, 4) is 0 Å². The van der Waals surface area contributed by atoms with E-state index in [1.807, 2.05) is 31.3 Å². The Labute approximate surface area is 127 Å². The number of hydrogen-bond donors (Lipinski definition) is 1. The van der Waals surface area contributed by atoms with Gasteiger partial charge in [0.25, 0.3) is 0 Å². The van der Waals surface area contributed by atoms with Crippen LogP contribution in [0.25, 0.3) is 0 Å². The number of nitrogens with one attached hydrogen (secondary N) is 1. The van der Waals surface area contributed by atoms with Gasteiger partial charge in [-0.3, -0.25) is 0 Å². The van der Waals surface area contributed by atoms with Gasteiger partial charge in [-0.15, -0.1) is 0 Å². The van der Waals surface area contributed by atoms with Gasteiger partial charge in [0.2, 0.25) is 0 Å². The van der Waals surface area contributed by atoms with E-state index in [1.165, 1.54) is 0 Å². The Balaban J connectivity index is 2.51. The molecule has 0 atom stereocenters. The van der Waals surface area contributed by atoms with E-state index in [4.69, 9.17) is 4.98 Å². The maximum atomic E-state index is 4.77. The maximum absolute atomic E-state index is 4.77. The zero-order chi connectivity index (χ0) is 15.5. The molecule has 0 amide bonds. The Hall–Kier alpha value is -2.10. The Morgan fingerprint density at radius 1 is 1.10 bits per heavy atom. The average Bonchev–Trinajstić information content (AvgIpc) is 2.48. The Bertz CT molecular complexity index is 587. The lowest BCUT2D eigenvalue weighted by molar-refractivity contribution is 0.546. The lowest BCUT2D eigenvalue weighted by Crippen LogP contribution is -2.22. The van der Waals surface area contributed by atoms with Crippen molar-refractivity contribution in [2.24, 2.45) is 0 Å². The summed E-state index contributed by atoms with van der Waals surface area (Å²) in [4.78, 5) is 11.6. The fourth-order valence-electron chi connectivity index (χ4n) is 2.12. The SMILES string of the molecule is CCN(c1ccccc1)c1cc(NC)nc(C(C)(C)C)n1. The van der Waals surface area contributed by atoms with Crippen LogP contribution in [0.1, 0.15) is 33.5 Å². The van der Waals surface area contributed by atoms with Gasteiger partial charge in [-0.2, -0.15) is 0 Å². The minimum Gasteiger partial charge on any atom is -0.373 e. The van der Waals surface area contributed by atoms with Crippen LogP contribution in [0.3, 0.4) is 0 Å². The molecule has 0 bridgehead atoms. The van der Waals surface area contributed by atoms with Crippen molar-refractivity contribution >= 4 is 17.3 Å². The van der Waals surface area contributed by atoms with E-state index < -0.39 is 0 Å². The van der Waals surface area contributed by atoms with Gasteiger partial charge in [0, 0.05) is 30.8 Å². The fraction of sp³-hybridized carbons (Fsp3) is 0.412. The topological polar surface area (TPSA) is 41.0 Å². The molecule has 0 unspecified atom stereocenters. The largest absolute Gasteiger partial charge is 0.373 e. The molecule has 0 aliphatic carbocycles. The normalized spacial score (nSPS) is 11.3. The average molecular weight is 284 g/mol. The predicted octanol–water partition coefficient (Wildman–Crippen LogP) is 3.97. The summed E-state index contributed by atoms with van der Waals surface area (Å²) in [5, 5.41) is 3.13. The standard InChI is InChI=1S/C17H24N4/c1-6-21(13-10-8-7-9-11-13)15-12-14(18-5)19-16(20-15)17(2,3)4/h7-12H,6H2,1-5H3,(H,18,19,20). The van der Waals surface area contributed by atoms with Crippen LogP contribution in [0.15, 0.2) is 36.4 Å². The molecule has 2 rings (SSSR count). The van der Waals surface area contributed by atoms with Gasteiger partial charge in [0.1, 0.15) is 17.5 Å². The van der Waals surface area contributed by atoms with E-state index in [9.17, 15) is 0 Å². The highest BCUT2D eigenvalue weighted by Gasteiger charge is 2.20. The van der Waals surface area contributed by atoms with E-state index >= 15 is 0 Å². The molecular weight excluding hydrogens is 260 g/mol. The van der Waals surface area contributed by atoms with E-state index in [2.05, 4.69) is 55.0 Å². The van der Waals surface area contributed by atoms with Crippen molar-refractivity contribution in [1.29, 1.82) is 0 Å². The summed E-state index contributed by atoms with van der Waals surface area (Å²) < 4.78 is 0. The molecule has 1 N–H and O–H groups in total. The summed E-state index contributed by atoms with van der Waals surface area (Å²) in [6.07, 6.45) is 0. The van der Waals surface area contributed by atoms with Gasteiger partial charge in [0.05, 0.1) is 0 Å². The molecule has 1 aromatic carbocycles. The number of anilines is 3. The monoisotopic (exact) mass is 284 g/mol. The van der Waals surface area contributed by atoms with E-state index in [0.717, 1.165) is 29.7 Å². The summed E-state index contributed by atoms with van der Waals surface area (Å²) in [6.45, 7) is 9.37. The molecule has 112 valence electrons. The minimum atomic E-state index is -0.0856. The first-order valence-corrected chi connectivity index (χ1v) is 7.35. The number of benzene rings is 1. The Kier molecular flexibility index (Phi) is 4.46. The molecule has 1 aromatic heterocycles. The molecule has 0 fully saturated rings. The third kappa shape index (κ3) is 3.51. The van der Waals surface area contributed by atoms with Crippen LogP contribution in [-0.2, 0) is 5.41 Å². The van der Waals surface area contributed by atoms with Crippen molar-refractivity contribution in [3.63, 3.8) is 0 Å². The summed E-state index contributed by atoms with van der Waals surface area (Å²) in [5.41, 5.74) is 1.05. The molecule has 0 radical (unpaired) electrons. The highest BCUT2D eigenvalue weighted by molar-refractivity contribution is 5.62. The van der Waals surface area contributed by atoms with Gasteiger partial charge < -0.3 is 10.2 Å². The number of rotatable bonds is 4. The third-order valence-corrected chi connectivity index (χ3v) is 3.30. The quantitative estimate of drug-likeness (QED) is 0.922. The summed E-state index contributed by atoms with van der Waals surface area (Å²) >= 11 is 0. The van der Waals surface area contributed by atoms with Crippen LogP contribution in [0, 0.1) is 0 Å². The fourth-order valence-corrected chi connectivity index (χ4v) is 2.12. The summed E-state index contributed by atoms with van der Waals surface area (Å²) in [5.74, 6) is 2.62. The van der Waals surface area contributed by atoms with E-state index in [-0.39, 0.29) is 5.41 Å². The predicted molar refractivity (Wildman–Crippen MR) is 89.4 cm³/mol. The highest BCUT2D eigenvalue weighted by atomic mass is 15.2. The van der Waals surface area contributed by atoms with Gasteiger partial charge >= 0.3 is 0 Å². The van der Waals surface area contributed by atoms with E-state index in [1.54, 1.807) is 0 Å². The van der Waals surface area contributed by atoms with Crippen molar-refractivity contribution in [2.45, 2.75) is 33.1 Å². The smallest absolute Gasteiger partial charge is 0.138 e. The minimum absolute atomic E-state index is 0.0856. The van der Waals surface area contributed by atoms with Crippen molar-refractivity contribution in [3.05, 3.63) is 42.2 Å². The molecule has 0 spiro atoms. The first-order valence-electron chi connectivity index (χ1n) is 7.35. The molecule has 0 aliphatic heterocycles. The van der Waals surface area contributed by atoms with Crippen molar-refractivity contribution < 1.29 is 0 Å². The van der Waals surface area contributed by atoms with Crippen molar-refractivity contribution in [2.75, 3.05) is 23.8 Å². The van der Waals surface area contributed by atoms with Crippen LogP contribution >= 0.6 is 0 Å². The zero-order valence-corrected chi connectivity index (χ0v) is 13.5. The van der Waals surface area contributed by atoms with E-state index in [0.29, 0.717) is 0 Å². The molecule has 4 nitrogen and oxygen atoms in total. The number of nitrogens with zero attached hydrogens (tertiary/aromatic N) is 3. The molecule has 0 aliphatic rings. The molecule has 0 saturated heterocycles. The second-order valence-electron chi connectivity index (χ2n) is 6.01. The summed E-state index contributed by atoms with van der Waals surface area (Å²) in [7, 11) is 1.89. The van der Waals surface area contributed by atoms with Crippen LogP contribution < -0.4 is 10.2 Å². The molecule has 1 heterocycles. The lowest BCUT2D eigenvalue weighted by atomic mass is 9.96. The van der Waals surface area contributed by atoms with Crippen LogP contribution in [0.5, 0.6) is 0 Å². The second-order valence-corrected chi connectivity index (χ2v) is 6.01. The third-order valence-electron chi connectivity index (χ3n) is 3.30. The van der Waals surface area contributed by atoms with Crippen molar-refractivity contribution in [1.82, 2.24) is 9.97 Å². The van der Waals surface area contributed by atoms with Crippen LogP contribution in [0.2, 0.25) is 0 Å². The summed E-state index contributed by atoms with van der Waals surface area (Å²) in [6, 6.07) is 12.3. The number of aromatic nitrogens is 2. The van der Waals surface area contributed by atoms with Crippen LogP contribution in [0.4, 0.5) is 17.3 Å². The molecule has 21 heavy (non-hydrogen) atoms. The van der Waals surface area contributed by atoms with Gasteiger partial charge in [-0.25, -0.2) is 9.97 Å².